The third-order valence-corrected chi connectivity index (χ3v) is 10.0. The first-order valence-electron chi connectivity index (χ1n) is 19.2. The Kier molecular flexibility index (Phi) is 21.5. The molecule has 3 heterocycles. The molecule has 15 atom stereocenters. The monoisotopic (exact) mass is 754 g/mol. The molecule has 3 saturated heterocycles. The molecule has 0 aromatic rings. The van der Waals surface area contributed by atoms with Crippen molar-refractivity contribution in [3.8, 4) is 0 Å². The van der Waals surface area contributed by atoms with Crippen LogP contribution in [0.2, 0.25) is 0 Å². The number of aliphatic hydroxyl groups is 10. The van der Waals surface area contributed by atoms with Gasteiger partial charge in [-0.1, -0.05) is 76.9 Å². The molecule has 0 unspecified atom stereocenters. The molecule has 3 aliphatic rings. The molecule has 306 valence electrons. The van der Waals surface area contributed by atoms with Gasteiger partial charge in [0.25, 0.3) is 0 Å². The summed E-state index contributed by atoms with van der Waals surface area (Å²) in [4.78, 5) is 0. The summed E-state index contributed by atoms with van der Waals surface area (Å²) >= 11 is 0. The summed E-state index contributed by atoms with van der Waals surface area (Å²) in [7, 11) is 0. The highest BCUT2D eigenvalue weighted by Crippen LogP contribution is 2.32. The van der Waals surface area contributed by atoms with E-state index in [-0.39, 0.29) is 6.61 Å². The van der Waals surface area contributed by atoms with Crippen molar-refractivity contribution in [3.05, 3.63) is 12.2 Å². The molecule has 16 nitrogen and oxygen atoms in total. The maximum Gasteiger partial charge on any atom is 0.187 e. The fraction of sp³-hybridized carbons (Fsp3) is 0.944. The topological polar surface area (TPSA) is 258 Å². The molecule has 10 N–H and O–H groups in total. The zero-order valence-electron chi connectivity index (χ0n) is 30.5. The van der Waals surface area contributed by atoms with Crippen LogP contribution in [-0.4, -0.2) is 170 Å². The number of hydrogen-bond acceptors (Lipinski definition) is 16. The lowest BCUT2D eigenvalue weighted by molar-refractivity contribution is -0.379. The normalized spacial score (nSPS) is 38.6. The average Bonchev–Trinajstić information content (AvgIpc) is 3.14. The van der Waals surface area contributed by atoms with Gasteiger partial charge in [-0.25, -0.2) is 0 Å². The van der Waals surface area contributed by atoms with Crippen LogP contribution in [0, 0.1) is 0 Å². The van der Waals surface area contributed by atoms with Crippen molar-refractivity contribution < 1.29 is 79.5 Å². The zero-order chi connectivity index (χ0) is 38.0. The van der Waals surface area contributed by atoms with E-state index < -0.39 is 112 Å². The number of ether oxygens (including phenoxy) is 6. The number of aliphatic hydroxyl groups excluding tert-OH is 10. The second kappa shape index (κ2) is 24.6. The van der Waals surface area contributed by atoms with Crippen LogP contribution in [0.5, 0.6) is 0 Å². The molecular weight excluding hydrogens is 688 g/mol. The van der Waals surface area contributed by atoms with Gasteiger partial charge >= 0.3 is 0 Å². The van der Waals surface area contributed by atoms with Crippen LogP contribution in [0.15, 0.2) is 12.2 Å². The SMILES string of the molecule is CCCCCCCC/C=C\CCCCCCCCO[C@@H]1O[C@H](CO)[C@@H](O[C@H]2O[C@H](CO)[C@@H](O[C@H]3O[C@H](CO)[C@@H](O)[C@H](O)[C@H]3O)[C@H](O)[C@H]2O)[C@H](O)[C@H]1O. The predicted molar refractivity (Wildman–Crippen MR) is 184 cm³/mol. The Bertz CT molecular complexity index is 955. The van der Waals surface area contributed by atoms with Crippen LogP contribution in [-0.2, 0) is 28.4 Å². The lowest BCUT2D eigenvalue weighted by Crippen LogP contribution is -2.66. The maximum absolute atomic E-state index is 10.9. The molecule has 3 aliphatic heterocycles. The van der Waals surface area contributed by atoms with E-state index in [4.69, 9.17) is 28.4 Å². The highest BCUT2D eigenvalue weighted by atomic mass is 16.8. The fourth-order valence-electron chi connectivity index (χ4n) is 6.73. The maximum atomic E-state index is 10.9. The van der Waals surface area contributed by atoms with Crippen LogP contribution in [0.3, 0.4) is 0 Å². The van der Waals surface area contributed by atoms with Gasteiger partial charge in [-0.05, 0) is 32.1 Å². The highest BCUT2D eigenvalue weighted by Gasteiger charge is 2.53. The summed E-state index contributed by atoms with van der Waals surface area (Å²) in [6.45, 7) is 0.291. The van der Waals surface area contributed by atoms with E-state index in [9.17, 15) is 51.1 Å². The van der Waals surface area contributed by atoms with Crippen molar-refractivity contribution >= 4 is 0 Å². The first kappa shape index (κ1) is 45.5. The van der Waals surface area contributed by atoms with Crippen LogP contribution >= 0.6 is 0 Å². The van der Waals surface area contributed by atoms with E-state index in [0.29, 0.717) is 6.42 Å². The summed E-state index contributed by atoms with van der Waals surface area (Å²) < 4.78 is 33.5. The van der Waals surface area contributed by atoms with E-state index >= 15 is 0 Å². The summed E-state index contributed by atoms with van der Waals surface area (Å²) in [5.41, 5.74) is 0. The molecule has 0 aliphatic carbocycles. The van der Waals surface area contributed by atoms with Crippen molar-refractivity contribution in [1.82, 2.24) is 0 Å². The second-order valence-electron chi connectivity index (χ2n) is 14.1. The molecule has 3 rings (SSSR count). The largest absolute Gasteiger partial charge is 0.394 e. The Hall–Kier alpha value is -0.900. The van der Waals surface area contributed by atoms with Gasteiger partial charge in [0.1, 0.15) is 73.2 Å². The third-order valence-electron chi connectivity index (χ3n) is 10.0. The van der Waals surface area contributed by atoms with Gasteiger partial charge in [0, 0.05) is 6.61 Å². The fourth-order valence-corrected chi connectivity index (χ4v) is 6.73. The smallest absolute Gasteiger partial charge is 0.187 e. The Morgan fingerprint density at radius 2 is 0.846 bits per heavy atom. The van der Waals surface area contributed by atoms with Crippen LogP contribution in [0.4, 0.5) is 0 Å². The average molecular weight is 755 g/mol. The lowest BCUT2D eigenvalue weighted by Gasteiger charge is -2.48. The Morgan fingerprint density at radius 3 is 1.35 bits per heavy atom. The third kappa shape index (κ3) is 13.4. The van der Waals surface area contributed by atoms with Crippen molar-refractivity contribution in [1.29, 1.82) is 0 Å². The van der Waals surface area contributed by atoms with Crippen molar-refractivity contribution in [3.63, 3.8) is 0 Å². The van der Waals surface area contributed by atoms with Gasteiger partial charge in [0.2, 0.25) is 0 Å². The minimum absolute atomic E-state index is 0.254. The molecule has 0 aromatic heterocycles. The minimum Gasteiger partial charge on any atom is -0.394 e. The zero-order valence-corrected chi connectivity index (χ0v) is 30.5. The summed E-state index contributed by atoms with van der Waals surface area (Å²) in [6.07, 6.45) is -3.09. The quantitative estimate of drug-likeness (QED) is 0.0440. The molecular formula is C36H66O16. The molecule has 0 radical (unpaired) electrons. The molecule has 0 saturated carbocycles. The van der Waals surface area contributed by atoms with Crippen molar-refractivity contribution in [2.24, 2.45) is 0 Å². The van der Waals surface area contributed by atoms with Gasteiger partial charge < -0.3 is 79.5 Å². The molecule has 0 spiro atoms. The first-order chi connectivity index (χ1) is 25.1. The number of rotatable bonds is 24. The van der Waals surface area contributed by atoms with Crippen molar-refractivity contribution in [2.45, 2.75) is 189 Å². The Labute approximate surface area is 306 Å². The van der Waals surface area contributed by atoms with Crippen LogP contribution in [0.25, 0.3) is 0 Å². The van der Waals surface area contributed by atoms with E-state index in [1.54, 1.807) is 0 Å². The van der Waals surface area contributed by atoms with E-state index in [1.165, 1.54) is 38.5 Å². The van der Waals surface area contributed by atoms with E-state index in [2.05, 4.69) is 19.1 Å². The summed E-state index contributed by atoms with van der Waals surface area (Å²) in [5, 5.41) is 103. The summed E-state index contributed by atoms with van der Waals surface area (Å²) in [6, 6.07) is 0. The summed E-state index contributed by atoms with van der Waals surface area (Å²) in [5.74, 6) is 0. The number of hydrogen-bond donors (Lipinski definition) is 10. The molecule has 16 heteroatoms. The standard InChI is InChI=1S/C36H66O16/c1-2-3-4-5-6-7-8-9-10-11-12-13-14-15-16-17-18-47-34-30(45)27(42)32(23(20-38)49-34)52-36-31(46)28(43)33(24(21-39)50-36)51-35-29(44)26(41)25(40)22(19-37)48-35/h9-10,22-46H,2-8,11-21H2,1H3/b10-9-/t22-,23-,24-,25-,26+,27-,28-,29-,30-,31-,32-,33-,34-,35-,36-/m1/s1. The predicted octanol–water partition coefficient (Wildman–Crippen LogP) is -0.511. The van der Waals surface area contributed by atoms with Gasteiger partial charge in [-0.3, -0.25) is 0 Å². The number of allylic oxidation sites excluding steroid dienone is 2. The van der Waals surface area contributed by atoms with Gasteiger partial charge in [0.05, 0.1) is 19.8 Å². The molecule has 0 amide bonds. The number of unbranched alkanes of at least 4 members (excludes halogenated alkanes) is 12. The van der Waals surface area contributed by atoms with E-state index in [0.717, 1.165) is 44.9 Å². The Morgan fingerprint density at radius 1 is 0.442 bits per heavy atom. The van der Waals surface area contributed by atoms with Gasteiger partial charge in [-0.15, -0.1) is 0 Å². The van der Waals surface area contributed by atoms with Gasteiger partial charge in [0.15, 0.2) is 18.9 Å². The molecule has 0 aromatic carbocycles. The molecule has 0 bridgehead atoms. The van der Waals surface area contributed by atoms with Gasteiger partial charge in [-0.2, -0.15) is 0 Å². The highest BCUT2D eigenvalue weighted by molar-refractivity contribution is 4.96. The molecule has 52 heavy (non-hydrogen) atoms. The molecule has 3 fully saturated rings. The second-order valence-corrected chi connectivity index (χ2v) is 14.1. The van der Waals surface area contributed by atoms with E-state index in [1.807, 2.05) is 0 Å². The minimum atomic E-state index is -1.89. The van der Waals surface area contributed by atoms with Crippen LogP contribution < -0.4 is 0 Å². The lowest BCUT2D eigenvalue weighted by atomic mass is 9.96. The van der Waals surface area contributed by atoms with Crippen LogP contribution in [0.1, 0.15) is 96.8 Å². The first-order valence-corrected chi connectivity index (χ1v) is 19.2. The Balaban J connectivity index is 1.38. The van der Waals surface area contributed by atoms with Crippen molar-refractivity contribution in [2.75, 3.05) is 26.4 Å².